The van der Waals surface area contributed by atoms with Crippen LogP contribution in [0.2, 0.25) is 0 Å². The van der Waals surface area contributed by atoms with Crippen molar-refractivity contribution in [1.29, 1.82) is 0 Å². The summed E-state index contributed by atoms with van der Waals surface area (Å²) in [6.45, 7) is 2.06. The van der Waals surface area contributed by atoms with Crippen LogP contribution < -0.4 is 20.3 Å². The summed E-state index contributed by atoms with van der Waals surface area (Å²) in [7, 11) is 0. The monoisotopic (exact) mass is 349 g/mol. The Morgan fingerprint density at radius 3 is 2.92 bits per heavy atom. The number of pyridine rings is 1. The molecule has 0 aliphatic carbocycles. The third kappa shape index (κ3) is 2.10. The number of carbonyl (C=O) groups excluding carboxylic acids is 1. The van der Waals surface area contributed by atoms with Gasteiger partial charge in [0.2, 0.25) is 12.7 Å². The quantitative estimate of drug-likeness (QED) is 0.728. The molecule has 0 spiro atoms. The van der Waals surface area contributed by atoms with E-state index in [1.807, 2.05) is 31.2 Å². The summed E-state index contributed by atoms with van der Waals surface area (Å²) in [5.74, 6) is 1.26. The van der Waals surface area contributed by atoms with E-state index in [0.717, 1.165) is 11.1 Å². The van der Waals surface area contributed by atoms with E-state index in [2.05, 4.69) is 10.3 Å². The Labute approximate surface area is 148 Å². The number of anilines is 1. The van der Waals surface area contributed by atoms with E-state index in [1.54, 1.807) is 16.7 Å². The fraction of sp³-hybridized carbons (Fsp3) is 0.211. The molecule has 2 aliphatic heterocycles. The lowest BCUT2D eigenvalue weighted by Crippen LogP contribution is -2.32. The highest BCUT2D eigenvalue weighted by Crippen LogP contribution is 2.40. The fourth-order valence-electron chi connectivity index (χ4n) is 3.65. The normalized spacial score (nSPS) is 17.9. The average Bonchev–Trinajstić information content (AvgIpc) is 3.10. The molecule has 1 amide bonds. The number of aryl methyl sites for hydroxylation is 1. The van der Waals surface area contributed by atoms with Crippen LogP contribution in [0.5, 0.6) is 11.5 Å². The van der Waals surface area contributed by atoms with Crippen LogP contribution in [0, 0.1) is 6.92 Å². The molecule has 26 heavy (non-hydrogen) atoms. The number of hydrogen-bond acceptors (Lipinski definition) is 5. The summed E-state index contributed by atoms with van der Waals surface area (Å²) >= 11 is 0. The van der Waals surface area contributed by atoms with Gasteiger partial charge in [-0.1, -0.05) is 12.1 Å². The number of nitrogens with one attached hydrogen (secondary N) is 1. The number of hydrogen-bond donors (Lipinski definition) is 1. The van der Waals surface area contributed by atoms with Gasteiger partial charge in [0.15, 0.2) is 11.5 Å². The van der Waals surface area contributed by atoms with Crippen LogP contribution in [-0.4, -0.2) is 22.1 Å². The second kappa shape index (κ2) is 5.32. The lowest BCUT2D eigenvalue weighted by molar-refractivity contribution is -0.116. The maximum atomic E-state index is 12.8. The van der Waals surface area contributed by atoms with Crippen molar-refractivity contribution in [3.05, 3.63) is 63.6 Å². The molecule has 4 heterocycles. The first-order valence-electron chi connectivity index (χ1n) is 8.33. The van der Waals surface area contributed by atoms with E-state index in [0.29, 0.717) is 28.5 Å². The van der Waals surface area contributed by atoms with Crippen LogP contribution in [0.4, 0.5) is 5.82 Å². The minimum absolute atomic E-state index is 0.138. The molecule has 2 aromatic heterocycles. The van der Waals surface area contributed by atoms with E-state index in [-0.39, 0.29) is 30.6 Å². The third-order valence-electron chi connectivity index (χ3n) is 4.89. The second-order valence-electron chi connectivity index (χ2n) is 6.48. The average molecular weight is 349 g/mol. The zero-order valence-corrected chi connectivity index (χ0v) is 14.0. The molecule has 1 aromatic carbocycles. The van der Waals surface area contributed by atoms with Gasteiger partial charge in [0.05, 0.1) is 5.56 Å². The van der Waals surface area contributed by atoms with Gasteiger partial charge in [0.25, 0.3) is 5.56 Å². The van der Waals surface area contributed by atoms with Crippen molar-refractivity contribution < 1.29 is 14.3 Å². The summed E-state index contributed by atoms with van der Waals surface area (Å²) in [5, 5.41) is 2.85. The number of benzene rings is 1. The largest absolute Gasteiger partial charge is 0.454 e. The lowest BCUT2D eigenvalue weighted by atomic mass is 9.86. The van der Waals surface area contributed by atoms with Gasteiger partial charge in [-0.15, -0.1) is 0 Å². The van der Waals surface area contributed by atoms with Gasteiger partial charge >= 0.3 is 0 Å². The summed E-state index contributed by atoms with van der Waals surface area (Å²) in [4.78, 5) is 29.5. The fourth-order valence-corrected chi connectivity index (χ4v) is 3.65. The molecule has 0 saturated heterocycles. The Kier molecular flexibility index (Phi) is 3.06. The first-order valence-corrected chi connectivity index (χ1v) is 8.33. The molecular weight excluding hydrogens is 334 g/mol. The van der Waals surface area contributed by atoms with Crippen molar-refractivity contribution in [2.24, 2.45) is 0 Å². The van der Waals surface area contributed by atoms with Crippen molar-refractivity contribution in [3.8, 4) is 11.5 Å². The Hall–Kier alpha value is -3.35. The summed E-state index contributed by atoms with van der Waals surface area (Å²) in [6, 6.07) is 9.25. The number of amides is 1. The highest BCUT2D eigenvalue weighted by atomic mass is 16.7. The number of nitrogens with zero attached hydrogens (tertiary/aromatic N) is 2. The predicted octanol–water partition coefficient (Wildman–Crippen LogP) is 2.21. The smallest absolute Gasteiger partial charge is 0.279 e. The van der Waals surface area contributed by atoms with Crippen LogP contribution >= 0.6 is 0 Å². The molecule has 1 N–H and O–H groups in total. The van der Waals surface area contributed by atoms with Crippen LogP contribution in [-0.2, 0) is 4.79 Å². The Balaban J connectivity index is 1.76. The van der Waals surface area contributed by atoms with Crippen LogP contribution in [0.3, 0.4) is 0 Å². The number of aromatic nitrogens is 2. The second-order valence-corrected chi connectivity index (χ2v) is 6.48. The van der Waals surface area contributed by atoms with Gasteiger partial charge in [-0.3, -0.25) is 14.0 Å². The van der Waals surface area contributed by atoms with Gasteiger partial charge < -0.3 is 14.8 Å². The highest BCUT2D eigenvalue weighted by Gasteiger charge is 2.32. The lowest BCUT2D eigenvalue weighted by Gasteiger charge is -2.26. The SMILES string of the molecule is Cc1cccn2c3c(c(=O)nc12)C(c1ccc2c(c1)OCO2)CC(=O)N3. The summed E-state index contributed by atoms with van der Waals surface area (Å²) < 4.78 is 12.6. The summed E-state index contributed by atoms with van der Waals surface area (Å²) in [5.41, 5.74) is 2.41. The maximum absolute atomic E-state index is 12.8. The topological polar surface area (TPSA) is 81.9 Å². The van der Waals surface area contributed by atoms with Crippen molar-refractivity contribution in [2.45, 2.75) is 19.3 Å². The molecule has 1 atom stereocenters. The molecule has 0 fully saturated rings. The van der Waals surface area contributed by atoms with E-state index >= 15 is 0 Å². The number of carbonyl (C=O) groups is 1. The molecule has 0 saturated carbocycles. The highest BCUT2D eigenvalue weighted by molar-refractivity contribution is 5.94. The van der Waals surface area contributed by atoms with E-state index in [4.69, 9.17) is 9.47 Å². The Bertz CT molecular complexity index is 1140. The van der Waals surface area contributed by atoms with Crippen molar-refractivity contribution in [2.75, 3.05) is 12.1 Å². The molecule has 7 heteroatoms. The minimum atomic E-state index is -0.384. The first-order chi connectivity index (χ1) is 12.6. The van der Waals surface area contributed by atoms with E-state index < -0.39 is 0 Å². The molecule has 0 radical (unpaired) electrons. The molecule has 0 bridgehead atoms. The maximum Gasteiger partial charge on any atom is 0.279 e. The molecule has 2 aliphatic rings. The minimum Gasteiger partial charge on any atom is -0.454 e. The van der Waals surface area contributed by atoms with Gasteiger partial charge in [-0.05, 0) is 36.2 Å². The van der Waals surface area contributed by atoms with Gasteiger partial charge in [-0.2, -0.15) is 4.98 Å². The van der Waals surface area contributed by atoms with Crippen molar-refractivity contribution >= 4 is 17.4 Å². The molecule has 1 unspecified atom stereocenters. The zero-order valence-electron chi connectivity index (χ0n) is 14.0. The summed E-state index contributed by atoms with van der Waals surface area (Å²) in [6.07, 6.45) is 1.98. The predicted molar refractivity (Wildman–Crippen MR) is 93.9 cm³/mol. The number of fused-ring (bicyclic) bond motifs is 4. The van der Waals surface area contributed by atoms with Crippen molar-refractivity contribution in [3.63, 3.8) is 0 Å². The number of rotatable bonds is 1. The first kappa shape index (κ1) is 14.9. The van der Waals surface area contributed by atoms with Gasteiger partial charge in [0, 0.05) is 18.5 Å². The molecule has 130 valence electrons. The van der Waals surface area contributed by atoms with E-state index in [1.165, 1.54) is 0 Å². The standard InChI is InChI=1S/C19H15N3O4/c1-10-3-2-6-22-17(10)21-19(24)16-12(8-15(23)20-18(16)22)11-4-5-13-14(7-11)26-9-25-13/h2-7,12H,8-9H2,1H3,(H,20,23). The molecule has 3 aromatic rings. The molecule has 5 rings (SSSR count). The number of ether oxygens (including phenoxy) is 2. The van der Waals surface area contributed by atoms with Crippen molar-refractivity contribution in [1.82, 2.24) is 9.38 Å². The Morgan fingerprint density at radius 2 is 2.04 bits per heavy atom. The third-order valence-corrected chi connectivity index (χ3v) is 4.89. The van der Waals surface area contributed by atoms with Crippen LogP contribution in [0.1, 0.15) is 29.0 Å². The molecule has 7 nitrogen and oxygen atoms in total. The zero-order chi connectivity index (χ0) is 17.8. The molecular formula is C19H15N3O4. The van der Waals surface area contributed by atoms with Gasteiger partial charge in [-0.25, -0.2) is 0 Å². The van der Waals surface area contributed by atoms with Crippen LogP contribution in [0.15, 0.2) is 41.3 Å². The van der Waals surface area contributed by atoms with Gasteiger partial charge in [0.1, 0.15) is 11.5 Å². The van der Waals surface area contributed by atoms with E-state index in [9.17, 15) is 9.59 Å². The van der Waals surface area contributed by atoms with Crippen LogP contribution in [0.25, 0.3) is 5.65 Å². The Morgan fingerprint density at radius 1 is 1.19 bits per heavy atom.